The Bertz CT molecular complexity index is 657. The number of rotatable bonds is 7. The SMILES string of the molecule is CCCNC(=O)[C@H](C)Sc1nnc(C[C@@H]2CCS(=O)(=O)C2)n1C. The largest absolute Gasteiger partial charge is 0.355 e. The summed E-state index contributed by atoms with van der Waals surface area (Å²) < 4.78 is 24.9. The molecule has 1 aliphatic heterocycles. The molecule has 0 spiro atoms. The highest BCUT2D eigenvalue weighted by Crippen LogP contribution is 2.25. The van der Waals surface area contributed by atoms with Gasteiger partial charge in [-0.15, -0.1) is 10.2 Å². The van der Waals surface area contributed by atoms with Crippen molar-refractivity contribution in [2.45, 2.75) is 43.5 Å². The summed E-state index contributed by atoms with van der Waals surface area (Å²) in [7, 11) is -1.02. The van der Waals surface area contributed by atoms with E-state index in [2.05, 4.69) is 15.5 Å². The number of carbonyl (C=O) groups excluding carboxylic acids is 1. The summed E-state index contributed by atoms with van der Waals surface area (Å²) in [6.45, 7) is 4.52. The molecule has 1 amide bonds. The zero-order valence-electron chi connectivity index (χ0n) is 13.8. The third-order valence-electron chi connectivity index (χ3n) is 3.92. The summed E-state index contributed by atoms with van der Waals surface area (Å²) in [5, 5.41) is 11.6. The molecule has 9 heteroatoms. The highest BCUT2D eigenvalue weighted by Gasteiger charge is 2.29. The Morgan fingerprint density at radius 3 is 2.83 bits per heavy atom. The Hall–Kier alpha value is -1.09. The molecule has 1 saturated heterocycles. The minimum absolute atomic E-state index is 0.0108. The Morgan fingerprint density at radius 2 is 2.22 bits per heavy atom. The molecule has 0 aromatic carbocycles. The first-order chi connectivity index (χ1) is 10.8. The normalized spacial score (nSPS) is 21.3. The zero-order valence-corrected chi connectivity index (χ0v) is 15.4. The summed E-state index contributed by atoms with van der Waals surface area (Å²) >= 11 is 1.37. The van der Waals surface area contributed by atoms with Crippen LogP contribution in [-0.2, 0) is 28.1 Å². The molecule has 2 rings (SSSR count). The van der Waals surface area contributed by atoms with Gasteiger partial charge in [0.15, 0.2) is 15.0 Å². The van der Waals surface area contributed by atoms with E-state index in [1.165, 1.54) is 11.8 Å². The molecule has 7 nitrogen and oxygen atoms in total. The van der Waals surface area contributed by atoms with Crippen LogP contribution in [0.4, 0.5) is 0 Å². The van der Waals surface area contributed by atoms with Crippen molar-refractivity contribution in [3.8, 4) is 0 Å². The minimum Gasteiger partial charge on any atom is -0.355 e. The first-order valence-electron chi connectivity index (χ1n) is 7.85. The molecule has 0 bridgehead atoms. The van der Waals surface area contributed by atoms with Crippen LogP contribution in [0.5, 0.6) is 0 Å². The number of nitrogens with zero attached hydrogens (tertiary/aromatic N) is 3. The van der Waals surface area contributed by atoms with Crippen LogP contribution in [0.1, 0.15) is 32.5 Å². The molecule has 0 aliphatic carbocycles. The molecule has 1 fully saturated rings. The van der Waals surface area contributed by atoms with Gasteiger partial charge in [0.05, 0.1) is 16.8 Å². The van der Waals surface area contributed by atoms with Crippen LogP contribution < -0.4 is 5.32 Å². The van der Waals surface area contributed by atoms with E-state index in [0.717, 1.165) is 12.2 Å². The average molecular weight is 361 g/mol. The molecule has 0 unspecified atom stereocenters. The summed E-state index contributed by atoms with van der Waals surface area (Å²) in [5.41, 5.74) is 0. The molecule has 2 atom stereocenters. The van der Waals surface area contributed by atoms with Crippen molar-refractivity contribution in [3.05, 3.63) is 5.82 Å². The second-order valence-electron chi connectivity index (χ2n) is 5.98. The summed E-state index contributed by atoms with van der Waals surface area (Å²) in [6.07, 6.45) is 2.20. The Morgan fingerprint density at radius 1 is 1.48 bits per heavy atom. The van der Waals surface area contributed by atoms with Crippen LogP contribution >= 0.6 is 11.8 Å². The second kappa shape index (κ2) is 7.65. The molecule has 0 saturated carbocycles. The zero-order chi connectivity index (χ0) is 17.0. The van der Waals surface area contributed by atoms with Crippen molar-refractivity contribution in [2.24, 2.45) is 13.0 Å². The fraction of sp³-hybridized carbons (Fsp3) is 0.786. The number of aromatic nitrogens is 3. The number of nitrogens with one attached hydrogen (secondary N) is 1. The van der Waals surface area contributed by atoms with Gasteiger partial charge in [0.25, 0.3) is 0 Å². The van der Waals surface area contributed by atoms with E-state index in [1.54, 1.807) is 0 Å². The number of sulfone groups is 1. The van der Waals surface area contributed by atoms with Crippen LogP contribution in [0, 0.1) is 5.92 Å². The first kappa shape index (κ1) is 18.3. The first-order valence-corrected chi connectivity index (χ1v) is 10.6. The van der Waals surface area contributed by atoms with Gasteiger partial charge >= 0.3 is 0 Å². The van der Waals surface area contributed by atoms with Gasteiger partial charge in [0, 0.05) is 20.0 Å². The van der Waals surface area contributed by atoms with Crippen LogP contribution in [0.25, 0.3) is 0 Å². The Kier molecular flexibility index (Phi) is 6.07. The molecular weight excluding hydrogens is 336 g/mol. The monoisotopic (exact) mass is 360 g/mol. The molecule has 1 aromatic rings. The third-order valence-corrected chi connectivity index (χ3v) is 6.89. The topological polar surface area (TPSA) is 94.0 Å². The van der Waals surface area contributed by atoms with Gasteiger partial charge in [0.1, 0.15) is 5.82 Å². The number of amides is 1. The lowest BCUT2D eigenvalue weighted by Gasteiger charge is -2.11. The standard InChI is InChI=1S/C14H24N4O3S2/c1-4-6-15-13(19)10(2)22-14-17-16-12(18(14)3)8-11-5-7-23(20,21)9-11/h10-11H,4-9H2,1-3H3,(H,15,19)/t10-,11-/m0/s1. The molecule has 1 aliphatic rings. The smallest absolute Gasteiger partial charge is 0.233 e. The van der Waals surface area contributed by atoms with E-state index in [4.69, 9.17) is 0 Å². The molecule has 2 heterocycles. The quantitative estimate of drug-likeness (QED) is 0.723. The second-order valence-corrected chi connectivity index (χ2v) is 9.52. The molecule has 130 valence electrons. The van der Waals surface area contributed by atoms with Crippen LogP contribution in [0.15, 0.2) is 5.16 Å². The molecule has 23 heavy (non-hydrogen) atoms. The van der Waals surface area contributed by atoms with Gasteiger partial charge in [-0.1, -0.05) is 18.7 Å². The summed E-state index contributed by atoms with van der Waals surface area (Å²) in [4.78, 5) is 11.9. The van der Waals surface area contributed by atoms with Crippen LogP contribution in [-0.4, -0.2) is 52.4 Å². The third kappa shape index (κ3) is 4.94. The van der Waals surface area contributed by atoms with Gasteiger partial charge in [-0.25, -0.2) is 8.42 Å². The van der Waals surface area contributed by atoms with Crippen molar-refractivity contribution in [2.75, 3.05) is 18.1 Å². The van der Waals surface area contributed by atoms with Gasteiger partial charge in [-0.2, -0.15) is 0 Å². The van der Waals surface area contributed by atoms with Crippen molar-refractivity contribution in [3.63, 3.8) is 0 Å². The highest BCUT2D eigenvalue weighted by molar-refractivity contribution is 8.00. The van der Waals surface area contributed by atoms with Crippen molar-refractivity contribution in [1.29, 1.82) is 0 Å². The number of hydrogen-bond acceptors (Lipinski definition) is 6. The van der Waals surface area contributed by atoms with E-state index < -0.39 is 9.84 Å². The Labute approximate surface area is 141 Å². The fourth-order valence-electron chi connectivity index (χ4n) is 2.52. The molecule has 0 radical (unpaired) electrons. The van der Waals surface area contributed by atoms with Crippen molar-refractivity contribution < 1.29 is 13.2 Å². The van der Waals surface area contributed by atoms with Gasteiger partial charge in [0.2, 0.25) is 5.91 Å². The maximum Gasteiger partial charge on any atom is 0.233 e. The van der Waals surface area contributed by atoms with Gasteiger partial charge in [-0.05, 0) is 25.7 Å². The lowest BCUT2D eigenvalue weighted by atomic mass is 10.1. The molecule has 1 aromatic heterocycles. The maximum absolute atomic E-state index is 11.9. The lowest BCUT2D eigenvalue weighted by molar-refractivity contribution is -0.120. The van der Waals surface area contributed by atoms with Crippen molar-refractivity contribution >= 4 is 27.5 Å². The average Bonchev–Trinajstić information content (AvgIpc) is 3.01. The van der Waals surface area contributed by atoms with E-state index >= 15 is 0 Å². The van der Waals surface area contributed by atoms with E-state index in [9.17, 15) is 13.2 Å². The fourth-order valence-corrected chi connectivity index (χ4v) is 5.24. The highest BCUT2D eigenvalue weighted by atomic mass is 32.2. The van der Waals surface area contributed by atoms with Crippen LogP contribution in [0.3, 0.4) is 0 Å². The predicted octanol–water partition coefficient (Wildman–Crippen LogP) is 0.799. The number of thioether (sulfide) groups is 1. The van der Waals surface area contributed by atoms with Gasteiger partial charge in [-0.3, -0.25) is 4.79 Å². The van der Waals surface area contributed by atoms with Gasteiger partial charge < -0.3 is 9.88 Å². The predicted molar refractivity (Wildman–Crippen MR) is 90.1 cm³/mol. The summed E-state index contributed by atoms with van der Waals surface area (Å²) in [5.74, 6) is 1.38. The number of carbonyl (C=O) groups is 1. The van der Waals surface area contributed by atoms with E-state index in [-0.39, 0.29) is 28.6 Å². The summed E-state index contributed by atoms with van der Waals surface area (Å²) in [6, 6.07) is 0. The Balaban J connectivity index is 1.95. The number of hydrogen-bond donors (Lipinski definition) is 1. The maximum atomic E-state index is 11.9. The van der Waals surface area contributed by atoms with Crippen LogP contribution in [0.2, 0.25) is 0 Å². The van der Waals surface area contributed by atoms with Crippen molar-refractivity contribution in [1.82, 2.24) is 20.1 Å². The van der Waals surface area contributed by atoms with E-state index in [0.29, 0.717) is 24.5 Å². The van der Waals surface area contributed by atoms with E-state index in [1.807, 2.05) is 25.5 Å². The molecular formula is C14H24N4O3S2. The lowest BCUT2D eigenvalue weighted by Crippen LogP contribution is -2.31. The molecule has 1 N–H and O–H groups in total. The minimum atomic E-state index is -2.88.